The second kappa shape index (κ2) is 13.5. The van der Waals surface area contributed by atoms with Crippen molar-refractivity contribution in [2.45, 2.75) is 96.8 Å². The summed E-state index contributed by atoms with van der Waals surface area (Å²) in [6, 6.07) is 0. The maximum absolute atomic E-state index is 4.52. The van der Waals surface area contributed by atoms with Crippen molar-refractivity contribution < 1.29 is 0 Å². The first-order valence-corrected chi connectivity index (χ1v) is 9.20. The van der Waals surface area contributed by atoms with E-state index in [1.165, 1.54) is 95.7 Å². The highest BCUT2D eigenvalue weighted by atomic mass is 15.0. The molecule has 1 rings (SSSR count). The number of rotatable bonds is 13. The topological polar surface area (TPSA) is 24.4 Å². The fraction of sp³-hybridized carbons (Fsp3) is 0.944. The highest BCUT2D eigenvalue weighted by Gasteiger charge is 2.02. The number of unbranched alkanes of at least 4 members (excludes halogenated alkanes) is 11. The molecule has 0 amide bonds. The van der Waals surface area contributed by atoms with Crippen molar-refractivity contribution in [2.24, 2.45) is 4.99 Å². The van der Waals surface area contributed by atoms with Gasteiger partial charge in [-0.2, -0.15) is 0 Å². The lowest BCUT2D eigenvalue weighted by molar-refractivity contribution is 0.545. The molecule has 0 spiro atoms. The normalized spacial score (nSPS) is 14.9. The van der Waals surface area contributed by atoms with Crippen LogP contribution < -0.4 is 5.32 Å². The Labute approximate surface area is 126 Å². The van der Waals surface area contributed by atoms with Gasteiger partial charge in [0.15, 0.2) is 0 Å². The van der Waals surface area contributed by atoms with Gasteiger partial charge in [0.05, 0.1) is 5.84 Å². The number of amidine groups is 1. The van der Waals surface area contributed by atoms with Crippen molar-refractivity contribution in [3.8, 4) is 0 Å². The Bertz CT molecular complexity index is 236. The van der Waals surface area contributed by atoms with Gasteiger partial charge in [-0.15, -0.1) is 0 Å². The van der Waals surface area contributed by atoms with E-state index in [2.05, 4.69) is 17.2 Å². The van der Waals surface area contributed by atoms with Gasteiger partial charge < -0.3 is 5.32 Å². The number of aliphatic imine (C=N–C) groups is 1. The molecule has 0 radical (unpaired) electrons. The zero-order valence-corrected chi connectivity index (χ0v) is 13.8. The first-order valence-electron chi connectivity index (χ1n) is 9.20. The van der Waals surface area contributed by atoms with Crippen molar-refractivity contribution in [1.29, 1.82) is 0 Å². The van der Waals surface area contributed by atoms with Gasteiger partial charge >= 0.3 is 0 Å². The van der Waals surface area contributed by atoms with E-state index in [0.717, 1.165) is 13.1 Å². The minimum atomic E-state index is 1.04. The SMILES string of the molecule is CCCCCCCCCCCCCCC1=NCCCN1. The summed E-state index contributed by atoms with van der Waals surface area (Å²) in [5.41, 5.74) is 0. The zero-order valence-electron chi connectivity index (χ0n) is 13.8. The summed E-state index contributed by atoms with van der Waals surface area (Å²) < 4.78 is 0. The molecule has 1 N–H and O–H groups in total. The number of nitrogens with zero attached hydrogens (tertiary/aromatic N) is 1. The molecule has 20 heavy (non-hydrogen) atoms. The van der Waals surface area contributed by atoms with Gasteiger partial charge in [0.25, 0.3) is 0 Å². The third kappa shape index (κ3) is 10.3. The predicted octanol–water partition coefficient (Wildman–Crippen LogP) is 5.47. The molecule has 1 aliphatic heterocycles. The molecule has 118 valence electrons. The van der Waals surface area contributed by atoms with Gasteiger partial charge in [-0.1, -0.05) is 77.6 Å². The van der Waals surface area contributed by atoms with Crippen LogP contribution in [0.25, 0.3) is 0 Å². The highest BCUT2D eigenvalue weighted by Crippen LogP contribution is 2.12. The van der Waals surface area contributed by atoms with E-state index >= 15 is 0 Å². The maximum atomic E-state index is 4.52. The Kier molecular flexibility index (Phi) is 11.8. The largest absolute Gasteiger partial charge is 0.374 e. The third-order valence-electron chi connectivity index (χ3n) is 4.23. The molecule has 1 aliphatic rings. The molecule has 0 saturated carbocycles. The Hall–Kier alpha value is -0.530. The Morgan fingerprint density at radius 3 is 1.85 bits per heavy atom. The first kappa shape index (κ1) is 17.5. The Morgan fingerprint density at radius 2 is 1.35 bits per heavy atom. The molecule has 0 saturated heterocycles. The summed E-state index contributed by atoms with van der Waals surface area (Å²) >= 11 is 0. The zero-order chi connectivity index (χ0) is 14.3. The molecular formula is C18H36N2. The van der Waals surface area contributed by atoms with E-state index in [9.17, 15) is 0 Å². The average molecular weight is 280 g/mol. The first-order chi connectivity index (χ1) is 9.93. The van der Waals surface area contributed by atoms with Gasteiger partial charge in [0.1, 0.15) is 0 Å². The van der Waals surface area contributed by atoms with Crippen molar-refractivity contribution >= 4 is 5.84 Å². The van der Waals surface area contributed by atoms with Crippen LogP contribution in [-0.4, -0.2) is 18.9 Å². The van der Waals surface area contributed by atoms with Crippen LogP contribution in [0, 0.1) is 0 Å². The molecule has 2 nitrogen and oxygen atoms in total. The summed E-state index contributed by atoms with van der Waals surface area (Å²) in [6.45, 7) is 4.47. The summed E-state index contributed by atoms with van der Waals surface area (Å²) in [5, 5.41) is 3.41. The Balaban J connectivity index is 1.73. The molecule has 0 aromatic heterocycles. The number of nitrogens with one attached hydrogen (secondary N) is 1. The van der Waals surface area contributed by atoms with Crippen LogP contribution in [0.4, 0.5) is 0 Å². The lowest BCUT2D eigenvalue weighted by Gasteiger charge is -2.14. The summed E-state index contributed by atoms with van der Waals surface area (Å²) in [4.78, 5) is 4.52. The Morgan fingerprint density at radius 1 is 0.800 bits per heavy atom. The minimum absolute atomic E-state index is 1.04. The lowest BCUT2D eigenvalue weighted by Crippen LogP contribution is -2.29. The van der Waals surface area contributed by atoms with Crippen molar-refractivity contribution in [3.05, 3.63) is 0 Å². The van der Waals surface area contributed by atoms with Gasteiger partial charge in [-0.05, 0) is 12.8 Å². The molecular weight excluding hydrogens is 244 g/mol. The molecule has 0 atom stereocenters. The van der Waals surface area contributed by atoms with E-state index in [1.807, 2.05) is 0 Å². The molecule has 0 aliphatic carbocycles. The minimum Gasteiger partial charge on any atom is -0.374 e. The van der Waals surface area contributed by atoms with Crippen LogP contribution >= 0.6 is 0 Å². The van der Waals surface area contributed by atoms with Crippen LogP contribution in [0.2, 0.25) is 0 Å². The second-order valence-corrected chi connectivity index (χ2v) is 6.25. The lowest BCUT2D eigenvalue weighted by atomic mass is 10.0. The van der Waals surface area contributed by atoms with Crippen molar-refractivity contribution in [1.82, 2.24) is 5.32 Å². The van der Waals surface area contributed by atoms with E-state index in [0.29, 0.717) is 0 Å². The fourth-order valence-corrected chi connectivity index (χ4v) is 2.88. The van der Waals surface area contributed by atoms with E-state index in [-0.39, 0.29) is 0 Å². The summed E-state index contributed by atoms with van der Waals surface area (Å²) in [5.74, 6) is 1.27. The standard InChI is InChI=1S/C18H36N2/c1-2-3-4-5-6-7-8-9-10-11-12-13-15-18-19-16-14-17-20-18/h2-17H2,1H3,(H,19,20). The fourth-order valence-electron chi connectivity index (χ4n) is 2.88. The number of hydrogen-bond donors (Lipinski definition) is 1. The molecule has 2 heteroatoms. The summed E-state index contributed by atoms with van der Waals surface area (Å²) in [7, 11) is 0. The van der Waals surface area contributed by atoms with Gasteiger partial charge in [-0.3, -0.25) is 4.99 Å². The van der Waals surface area contributed by atoms with Crippen LogP contribution in [0.3, 0.4) is 0 Å². The van der Waals surface area contributed by atoms with Gasteiger partial charge in [0.2, 0.25) is 0 Å². The van der Waals surface area contributed by atoms with Crippen LogP contribution in [0.1, 0.15) is 96.8 Å². The molecule has 0 aromatic rings. The quantitative estimate of drug-likeness (QED) is 0.444. The van der Waals surface area contributed by atoms with Gasteiger partial charge in [-0.25, -0.2) is 0 Å². The van der Waals surface area contributed by atoms with Gasteiger partial charge in [0, 0.05) is 19.5 Å². The maximum Gasteiger partial charge on any atom is 0.0963 e. The van der Waals surface area contributed by atoms with Crippen molar-refractivity contribution in [3.63, 3.8) is 0 Å². The van der Waals surface area contributed by atoms with Crippen LogP contribution in [0.5, 0.6) is 0 Å². The summed E-state index contributed by atoms with van der Waals surface area (Å²) in [6.07, 6.45) is 19.5. The molecule has 0 aromatic carbocycles. The molecule has 0 bridgehead atoms. The van der Waals surface area contributed by atoms with Crippen molar-refractivity contribution in [2.75, 3.05) is 13.1 Å². The van der Waals surface area contributed by atoms with Crippen LogP contribution in [-0.2, 0) is 0 Å². The second-order valence-electron chi connectivity index (χ2n) is 6.25. The third-order valence-corrected chi connectivity index (χ3v) is 4.23. The number of hydrogen-bond acceptors (Lipinski definition) is 2. The average Bonchev–Trinajstić information content (AvgIpc) is 2.49. The molecule has 0 fully saturated rings. The smallest absolute Gasteiger partial charge is 0.0963 e. The van der Waals surface area contributed by atoms with E-state index in [4.69, 9.17) is 0 Å². The highest BCUT2D eigenvalue weighted by molar-refractivity contribution is 5.82. The predicted molar refractivity (Wildman–Crippen MR) is 90.6 cm³/mol. The molecule has 1 heterocycles. The molecule has 0 unspecified atom stereocenters. The monoisotopic (exact) mass is 280 g/mol. The van der Waals surface area contributed by atoms with E-state index in [1.54, 1.807) is 0 Å². The van der Waals surface area contributed by atoms with Crippen LogP contribution in [0.15, 0.2) is 4.99 Å². The van der Waals surface area contributed by atoms with E-state index < -0.39 is 0 Å².